The van der Waals surface area contributed by atoms with E-state index in [2.05, 4.69) is 17.6 Å². The first-order chi connectivity index (χ1) is 14.1. The molecule has 0 saturated heterocycles. The van der Waals surface area contributed by atoms with Crippen molar-refractivity contribution in [1.29, 1.82) is 0 Å². The van der Waals surface area contributed by atoms with Crippen LogP contribution in [0, 0.1) is 5.92 Å². The number of amides is 1. The van der Waals surface area contributed by atoms with Gasteiger partial charge in [0, 0.05) is 17.1 Å². The molecule has 150 valence electrons. The van der Waals surface area contributed by atoms with Crippen molar-refractivity contribution in [3.05, 3.63) is 60.2 Å². The molecule has 0 aliphatic heterocycles. The van der Waals surface area contributed by atoms with Gasteiger partial charge in [-0.2, -0.15) is 0 Å². The van der Waals surface area contributed by atoms with Gasteiger partial charge in [-0.1, -0.05) is 38.0 Å². The van der Waals surface area contributed by atoms with Crippen molar-refractivity contribution in [2.75, 3.05) is 12.4 Å². The third-order valence-corrected chi connectivity index (χ3v) is 5.75. The molecule has 2 atom stereocenters. The van der Waals surface area contributed by atoms with E-state index < -0.39 is 0 Å². The number of fused-ring (bicyclic) bond motifs is 1. The predicted molar refractivity (Wildman–Crippen MR) is 117 cm³/mol. The Labute approximate surface area is 171 Å². The second kappa shape index (κ2) is 8.52. The molecule has 1 aliphatic carbocycles. The zero-order valence-electron chi connectivity index (χ0n) is 16.9. The van der Waals surface area contributed by atoms with Crippen LogP contribution in [-0.4, -0.2) is 24.0 Å². The summed E-state index contributed by atoms with van der Waals surface area (Å²) in [5.74, 6) is 1.93. The van der Waals surface area contributed by atoms with Gasteiger partial charge >= 0.3 is 0 Å². The van der Waals surface area contributed by atoms with Crippen LogP contribution >= 0.6 is 0 Å². The molecule has 3 aromatic rings. The van der Waals surface area contributed by atoms with E-state index in [-0.39, 0.29) is 11.9 Å². The maximum Gasteiger partial charge on any atom is 0.252 e. The zero-order chi connectivity index (χ0) is 20.2. The number of aromatic nitrogens is 1. The Morgan fingerprint density at radius 1 is 1.07 bits per heavy atom. The maximum atomic E-state index is 13.2. The highest BCUT2D eigenvalue weighted by Crippen LogP contribution is 2.27. The molecule has 5 nitrogen and oxygen atoms in total. The van der Waals surface area contributed by atoms with E-state index in [1.165, 1.54) is 19.3 Å². The summed E-state index contributed by atoms with van der Waals surface area (Å²) in [5.41, 5.74) is 2.35. The summed E-state index contributed by atoms with van der Waals surface area (Å²) in [6, 6.07) is 17.5. The number of pyridine rings is 1. The molecule has 0 radical (unpaired) electrons. The minimum absolute atomic E-state index is 0.0277. The number of benzene rings is 2. The van der Waals surface area contributed by atoms with Crippen LogP contribution in [0.2, 0.25) is 0 Å². The molecule has 4 rings (SSSR count). The average Bonchev–Trinajstić information content (AvgIpc) is 2.75. The molecular formula is C24H27N3O2. The van der Waals surface area contributed by atoms with Crippen LogP contribution in [0.4, 0.5) is 11.5 Å². The SMILES string of the molecule is COc1ccc(Nc2cc(C(=O)N[C@@H]3CCCC[C@H]3C)c3ccccc3n2)cc1. The second-order valence-corrected chi connectivity index (χ2v) is 7.77. The van der Waals surface area contributed by atoms with Crippen molar-refractivity contribution in [1.82, 2.24) is 10.3 Å². The molecule has 2 N–H and O–H groups in total. The fourth-order valence-electron chi connectivity index (χ4n) is 4.03. The highest BCUT2D eigenvalue weighted by atomic mass is 16.5. The van der Waals surface area contributed by atoms with Crippen LogP contribution in [-0.2, 0) is 0 Å². The van der Waals surface area contributed by atoms with E-state index in [0.29, 0.717) is 17.3 Å². The fraction of sp³-hybridized carbons (Fsp3) is 0.333. The third kappa shape index (κ3) is 4.34. The van der Waals surface area contributed by atoms with Crippen LogP contribution in [0.1, 0.15) is 43.0 Å². The smallest absolute Gasteiger partial charge is 0.252 e. The number of methoxy groups -OCH3 is 1. The minimum Gasteiger partial charge on any atom is -0.497 e. The van der Waals surface area contributed by atoms with Crippen LogP contribution in [0.15, 0.2) is 54.6 Å². The van der Waals surface area contributed by atoms with E-state index in [4.69, 9.17) is 9.72 Å². The summed E-state index contributed by atoms with van der Waals surface area (Å²) in [7, 11) is 1.64. The van der Waals surface area contributed by atoms with Crippen molar-refractivity contribution < 1.29 is 9.53 Å². The largest absolute Gasteiger partial charge is 0.497 e. The third-order valence-electron chi connectivity index (χ3n) is 5.75. The van der Waals surface area contributed by atoms with E-state index in [0.717, 1.165) is 28.8 Å². The van der Waals surface area contributed by atoms with Crippen molar-refractivity contribution in [2.24, 2.45) is 5.92 Å². The van der Waals surface area contributed by atoms with Crippen LogP contribution in [0.25, 0.3) is 10.9 Å². The van der Waals surface area contributed by atoms with Gasteiger partial charge < -0.3 is 15.4 Å². The van der Waals surface area contributed by atoms with Gasteiger partial charge in [-0.25, -0.2) is 4.98 Å². The topological polar surface area (TPSA) is 63.2 Å². The number of hydrogen-bond acceptors (Lipinski definition) is 4. The number of rotatable bonds is 5. The fourth-order valence-corrected chi connectivity index (χ4v) is 4.03. The van der Waals surface area contributed by atoms with E-state index >= 15 is 0 Å². The summed E-state index contributed by atoms with van der Waals surface area (Å²) in [6.07, 6.45) is 4.65. The Hall–Kier alpha value is -3.08. The lowest BCUT2D eigenvalue weighted by Gasteiger charge is -2.29. The molecule has 1 saturated carbocycles. The lowest BCUT2D eigenvalue weighted by Crippen LogP contribution is -2.41. The summed E-state index contributed by atoms with van der Waals surface area (Å²) in [5, 5.41) is 7.45. The lowest BCUT2D eigenvalue weighted by molar-refractivity contribution is 0.0912. The van der Waals surface area contributed by atoms with Gasteiger partial charge in [0.05, 0.1) is 18.2 Å². The molecule has 29 heavy (non-hydrogen) atoms. The molecular weight excluding hydrogens is 362 g/mol. The molecule has 1 heterocycles. The van der Waals surface area contributed by atoms with Crippen molar-refractivity contribution >= 4 is 28.3 Å². The molecule has 1 aliphatic rings. The highest BCUT2D eigenvalue weighted by Gasteiger charge is 2.24. The Balaban J connectivity index is 1.63. The van der Waals surface area contributed by atoms with Crippen LogP contribution in [0.5, 0.6) is 5.75 Å². The predicted octanol–water partition coefficient (Wildman–Crippen LogP) is 5.30. The number of ether oxygens (including phenoxy) is 1. The second-order valence-electron chi connectivity index (χ2n) is 7.77. The molecule has 0 unspecified atom stereocenters. The number of para-hydroxylation sites is 1. The molecule has 1 aromatic heterocycles. The highest BCUT2D eigenvalue weighted by molar-refractivity contribution is 6.07. The first-order valence-corrected chi connectivity index (χ1v) is 10.3. The molecule has 5 heteroatoms. The summed E-state index contributed by atoms with van der Waals surface area (Å²) >= 11 is 0. The standard InChI is InChI=1S/C24H27N3O2/c1-16-7-3-5-9-21(16)27-24(28)20-15-23(26-22-10-6-4-8-19(20)22)25-17-11-13-18(29-2)14-12-17/h4,6,8,10-16,21H,3,5,7,9H2,1-2H3,(H,25,26)(H,27,28)/t16-,21-/m1/s1. The Bertz CT molecular complexity index is 1000. The van der Waals surface area contributed by atoms with Crippen LogP contribution < -0.4 is 15.4 Å². The monoisotopic (exact) mass is 389 g/mol. The van der Waals surface area contributed by atoms with Crippen molar-refractivity contribution in [3.8, 4) is 5.75 Å². The number of carbonyl (C=O) groups is 1. The van der Waals surface area contributed by atoms with E-state index in [1.54, 1.807) is 7.11 Å². The van der Waals surface area contributed by atoms with Gasteiger partial charge in [-0.3, -0.25) is 4.79 Å². The van der Waals surface area contributed by atoms with Gasteiger partial charge in [-0.05, 0) is 55.2 Å². The molecule has 2 aromatic carbocycles. The van der Waals surface area contributed by atoms with E-state index in [9.17, 15) is 4.79 Å². The Kier molecular flexibility index (Phi) is 5.65. The molecule has 0 spiro atoms. The van der Waals surface area contributed by atoms with Crippen molar-refractivity contribution in [2.45, 2.75) is 38.6 Å². The summed E-state index contributed by atoms with van der Waals surface area (Å²) < 4.78 is 5.21. The number of carbonyl (C=O) groups excluding carboxylic acids is 1. The van der Waals surface area contributed by atoms with Gasteiger partial charge in [-0.15, -0.1) is 0 Å². The molecule has 1 amide bonds. The number of hydrogen-bond donors (Lipinski definition) is 2. The lowest BCUT2D eigenvalue weighted by atomic mass is 9.86. The minimum atomic E-state index is -0.0277. The first-order valence-electron chi connectivity index (χ1n) is 10.3. The average molecular weight is 389 g/mol. The Morgan fingerprint density at radius 3 is 2.59 bits per heavy atom. The first kappa shape index (κ1) is 19.2. The molecule has 1 fully saturated rings. The quantitative estimate of drug-likeness (QED) is 0.622. The number of nitrogens with one attached hydrogen (secondary N) is 2. The van der Waals surface area contributed by atoms with Crippen LogP contribution in [0.3, 0.4) is 0 Å². The number of nitrogens with zero attached hydrogens (tertiary/aromatic N) is 1. The van der Waals surface area contributed by atoms with E-state index in [1.807, 2.05) is 54.6 Å². The Morgan fingerprint density at radius 2 is 1.83 bits per heavy atom. The summed E-state index contributed by atoms with van der Waals surface area (Å²) in [4.78, 5) is 17.9. The summed E-state index contributed by atoms with van der Waals surface area (Å²) in [6.45, 7) is 2.23. The van der Waals surface area contributed by atoms with Gasteiger partial charge in [0.1, 0.15) is 11.6 Å². The van der Waals surface area contributed by atoms with Crippen molar-refractivity contribution in [3.63, 3.8) is 0 Å². The van der Waals surface area contributed by atoms with Gasteiger partial charge in [0.2, 0.25) is 0 Å². The maximum absolute atomic E-state index is 13.2. The normalized spacial score (nSPS) is 19.0. The number of anilines is 2. The molecule has 0 bridgehead atoms. The zero-order valence-corrected chi connectivity index (χ0v) is 16.9. The van der Waals surface area contributed by atoms with Gasteiger partial charge in [0.15, 0.2) is 0 Å². The van der Waals surface area contributed by atoms with Gasteiger partial charge in [0.25, 0.3) is 5.91 Å².